The molecule has 2 aliphatic heterocycles. The van der Waals surface area contributed by atoms with E-state index < -0.39 is 6.29 Å². The van der Waals surface area contributed by atoms with E-state index in [0.29, 0.717) is 11.1 Å². The third kappa shape index (κ3) is 1.93. The van der Waals surface area contributed by atoms with Crippen LogP contribution in [0, 0.1) is 5.92 Å². The number of esters is 1. The van der Waals surface area contributed by atoms with Crippen LogP contribution in [0.25, 0.3) is 0 Å². The zero-order chi connectivity index (χ0) is 15.3. The molecule has 0 saturated carbocycles. The molecule has 0 spiro atoms. The minimum atomic E-state index is -0.740. The highest BCUT2D eigenvalue weighted by Gasteiger charge is 2.44. The van der Waals surface area contributed by atoms with Crippen molar-refractivity contribution in [2.75, 3.05) is 0 Å². The van der Waals surface area contributed by atoms with E-state index in [0.717, 1.165) is 6.42 Å². The Labute approximate surface area is 127 Å². The van der Waals surface area contributed by atoms with E-state index in [9.17, 15) is 9.59 Å². The SMILES string of the molecule is CC1=CC(OC=C2C(=O)NC3c4ccccc4CC23)OC1=O. The Kier molecular flexibility index (Phi) is 2.82. The van der Waals surface area contributed by atoms with Crippen LogP contribution in [-0.4, -0.2) is 18.2 Å². The molecule has 1 saturated heterocycles. The smallest absolute Gasteiger partial charge is 0.336 e. The van der Waals surface area contributed by atoms with Gasteiger partial charge in [0.1, 0.15) is 0 Å². The van der Waals surface area contributed by atoms with Crippen LogP contribution in [0.4, 0.5) is 0 Å². The zero-order valence-electron chi connectivity index (χ0n) is 12.0. The molecule has 0 aromatic heterocycles. The molecular formula is C17H15NO4. The van der Waals surface area contributed by atoms with Crippen molar-refractivity contribution in [2.45, 2.75) is 25.7 Å². The van der Waals surface area contributed by atoms with Crippen LogP contribution in [0.3, 0.4) is 0 Å². The number of cyclic esters (lactones) is 1. The van der Waals surface area contributed by atoms with Gasteiger partial charge in [-0.25, -0.2) is 4.79 Å². The lowest BCUT2D eigenvalue weighted by molar-refractivity contribution is -0.152. The summed E-state index contributed by atoms with van der Waals surface area (Å²) < 4.78 is 10.5. The molecule has 3 atom stereocenters. The van der Waals surface area contributed by atoms with E-state index in [-0.39, 0.29) is 23.8 Å². The van der Waals surface area contributed by atoms with Gasteiger partial charge in [0.2, 0.25) is 0 Å². The van der Waals surface area contributed by atoms with Gasteiger partial charge < -0.3 is 14.8 Å². The average Bonchev–Trinajstić information content (AvgIpc) is 3.10. The van der Waals surface area contributed by atoms with Gasteiger partial charge in [0.15, 0.2) is 0 Å². The quantitative estimate of drug-likeness (QED) is 0.513. The third-order valence-corrected chi connectivity index (χ3v) is 4.44. The molecule has 0 bridgehead atoms. The highest BCUT2D eigenvalue weighted by atomic mass is 16.7. The highest BCUT2D eigenvalue weighted by Crippen LogP contribution is 2.44. The monoisotopic (exact) mass is 297 g/mol. The topological polar surface area (TPSA) is 64.6 Å². The van der Waals surface area contributed by atoms with Crippen molar-refractivity contribution in [3.63, 3.8) is 0 Å². The second-order valence-corrected chi connectivity index (χ2v) is 5.79. The average molecular weight is 297 g/mol. The van der Waals surface area contributed by atoms with Crippen LogP contribution < -0.4 is 5.32 Å². The van der Waals surface area contributed by atoms with E-state index in [1.807, 2.05) is 12.1 Å². The Morgan fingerprint density at radius 3 is 2.91 bits per heavy atom. The fourth-order valence-corrected chi connectivity index (χ4v) is 3.31. The zero-order valence-corrected chi connectivity index (χ0v) is 12.0. The molecule has 0 radical (unpaired) electrons. The Morgan fingerprint density at radius 2 is 2.14 bits per heavy atom. The molecule has 1 aromatic carbocycles. The molecule has 2 heterocycles. The van der Waals surface area contributed by atoms with Gasteiger partial charge in [-0.15, -0.1) is 0 Å². The van der Waals surface area contributed by atoms with E-state index in [1.165, 1.54) is 17.4 Å². The number of hydrogen-bond donors (Lipinski definition) is 1. The first-order valence-corrected chi connectivity index (χ1v) is 7.27. The standard InChI is InChI=1S/C17H15NO4/c1-9-6-14(22-17(9)20)21-8-13-12-7-10-4-2-3-5-11(10)15(12)18-16(13)19/h2-6,8,12,14-15H,7H2,1H3,(H,18,19). The summed E-state index contributed by atoms with van der Waals surface area (Å²) in [4.78, 5) is 23.5. The maximum Gasteiger partial charge on any atom is 0.336 e. The predicted octanol–water partition coefficient (Wildman–Crippen LogP) is 1.76. The van der Waals surface area contributed by atoms with Crippen LogP contribution in [0.15, 0.2) is 47.7 Å². The number of amides is 1. The van der Waals surface area contributed by atoms with Crippen molar-refractivity contribution < 1.29 is 19.1 Å². The van der Waals surface area contributed by atoms with Crippen molar-refractivity contribution in [1.29, 1.82) is 0 Å². The van der Waals surface area contributed by atoms with Gasteiger partial charge >= 0.3 is 5.97 Å². The molecule has 112 valence electrons. The first-order chi connectivity index (χ1) is 10.6. The van der Waals surface area contributed by atoms with Crippen LogP contribution in [0.2, 0.25) is 0 Å². The van der Waals surface area contributed by atoms with Gasteiger partial charge in [0.05, 0.1) is 17.9 Å². The summed E-state index contributed by atoms with van der Waals surface area (Å²) in [6.45, 7) is 1.67. The number of benzene rings is 1. The second-order valence-electron chi connectivity index (χ2n) is 5.79. The molecule has 1 fully saturated rings. The lowest BCUT2D eigenvalue weighted by Crippen LogP contribution is -2.19. The van der Waals surface area contributed by atoms with Crippen LogP contribution in [-0.2, 0) is 25.5 Å². The van der Waals surface area contributed by atoms with Gasteiger partial charge in [-0.2, -0.15) is 0 Å². The van der Waals surface area contributed by atoms with Crippen molar-refractivity contribution in [3.05, 3.63) is 58.9 Å². The van der Waals surface area contributed by atoms with Gasteiger partial charge in [-0.1, -0.05) is 24.3 Å². The Morgan fingerprint density at radius 1 is 1.32 bits per heavy atom. The van der Waals surface area contributed by atoms with Crippen molar-refractivity contribution in [1.82, 2.24) is 5.32 Å². The second kappa shape index (κ2) is 4.73. The van der Waals surface area contributed by atoms with Crippen molar-refractivity contribution in [2.24, 2.45) is 5.92 Å². The molecule has 4 rings (SSSR count). The molecule has 5 nitrogen and oxygen atoms in total. The molecule has 22 heavy (non-hydrogen) atoms. The number of ether oxygens (including phenoxy) is 2. The van der Waals surface area contributed by atoms with Crippen LogP contribution >= 0.6 is 0 Å². The largest absolute Gasteiger partial charge is 0.458 e. The first kappa shape index (κ1) is 13.1. The van der Waals surface area contributed by atoms with Gasteiger partial charge in [-0.05, 0) is 24.5 Å². The number of nitrogens with one attached hydrogen (secondary N) is 1. The highest BCUT2D eigenvalue weighted by molar-refractivity contribution is 5.97. The lowest BCUT2D eigenvalue weighted by atomic mass is 9.97. The van der Waals surface area contributed by atoms with Crippen LogP contribution in [0.1, 0.15) is 24.1 Å². The maximum atomic E-state index is 12.1. The Hall–Kier alpha value is -2.56. The summed E-state index contributed by atoms with van der Waals surface area (Å²) in [6.07, 6.45) is 3.12. The minimum Gasteiger partial charge on any atom is -0.458 e. The molecule has 1 N–H and O–H groups in total. The number of hydrogen-bond acceptors (Lipinski definition) is 4. The van der Waals surface area contributed by atoms with E-state index >= 15 is 0 Å². The summed E-state index contributed by atoms with van der Waals surface area (Å²) >= 11 is 0. The summed E-state index contributed by atoms with van der Waals surface area (Å²) in [5.74, 6) is -0.424. The summed E-state index contributed by atoms with van der Waals surface area (Å²) in [5, 5.41) is 3.00. The minimum absolute atomic E-state index is 0.0157. The predicted molar refractivity (Wildman–Crippen MR) is 77.3 cm³/mol. The van der Waals surface area contributed by atoms with E-state index in [2.05, 4.69) is 17.4 Å². The lowest BCUT2D eigenvalue weighted by Gasteiger charge is -2.11. The summed E-state index contributed by atoms with van der Waals surface area (Å²) in [7, 11) is 0. The summed E-state index contributed by atoms with van der Waals surface area (Å²) in [6, 6.07) is 8.14. The van der Waals surface area contributed by atoms with Gasteiger partial charge in [0.25, 0.3) is 12.2 Å². The van der Waals surface area contributed by atoms with E-state index in [1.54, 1.807) is 13.0 Å². The molecule has 3 aliphatic rings. The molecule has 1 amide bonds. The van der Waals surface area contributed by atoms with E-state index in [4.69, 9.17) is 9.47 Å². The normalized spacial score (nSPS) is 30.7. The Bertz CT molecular complexity index is 734. The number of carbonyl (C=O) groups excluding carboxylic acids is 2. The maximum absolute atomic E-state index is 12.1. The number of rotatable bonds is 2. The van der Waals surface area contributed by atoms with Crippen molar-refractivity contribution in [3.8, 4) is 0 Å². The molecule has 3 unspecified atom stereocenters. The fourth-order valence-electron chi connectivity index (χ4n) is 3.31. The first-order valence-electron chi connectivity index (χ1n) is 7.27. The summed E-state index contributed by atoms with van der Waals surface area (Å²) in [5.41, 5.74) is 3.55. The third-order valence-electron chi connectivity index (χ3n) is 4.44. The number of fused-ring (bicyclic) bond motifs is 3. The fraction of sp³-hybridized carbons (Fsp3) is 0.294. The van der Waals surface area contributed by atoms with Crippen molar-refractivity contribution >= 4 is 11.9 Å². The van der Waals surface area contributed by atoms with Gasteiger partial charge in [-0.3, -0.25) is 4.79 Å². The Balaban J connectivity index is 1.55. The molecule has 1 aromatic rings. The number of carbonyl (C=O) groups is 2. The van der Waals surface area contributed by atoms with Crippen LogP contribution in [0.5, 0.6) is 0 Å². The molecular weight excluding hydrogens is 282 g/mol. The molecule has 1 aliphatic carbocycles. The van der Waals surface area contributed by atoms with Gasteiger partial charge in [0, 0.05) is 17.6 Å². The molecule has 5 heteroatoms.